The molecule has 0 aliphatic carbocycles. The van der Waals surface area contributed by atoms with Gasteiger partial charge in [0.15, 0.2) is 0 Å². The first-order valence-electron chi connectivity index (χ1n) is 6.67. The number of rotatable bonds is 4. The Morgan fingerprint density at radius 1 is 1.45 bits per heavy atom. The summed E-state index contributed by atoms with van der Waals surface area (Å²) in [6.07, 6.45) is 4.75. The molecule has 2 aromatic rings. The van der Waals surface area contributed by atoms with E-state index < -0.39 is 16.0 Å². The van der Waals surface area contributed by atoms with Gasteiger partial charge in [0.2, 0.25) is 10.0 Å². The monoisotopic (exact) mass is 342 g/mol. The van der Waals surface area contributed by atoms with Gasteiger partial charge < -0.3 is 5.11 Å². The van der Waals surface area contributed by atoms with Crippen LogP contribution in [-0.2, 0) is 10.0 Å². The van der Waals surface area contributed by atoms with Gasteiger partial charge in [-0.05, 0) is 24.3 Å². The van der Waals surface area contributed by atoms with Crippen LogP contribution in [0.4, 0.5) is 0 Å². The van der Waals surface area contributed by atoms with Crippen LogP contribution in [0, 0.1) is 0 Å². The summed E-state index contributed by atoms with van der Waals surface area (Å²) < 4.78 is 28.4. The van der Waals surface area contributed by atoms with E-state index in [1.54, 1.807) is 17.1 Å². The number of carboxylic acid groups (broad SMARTS) is 1. The number of hydrogen-bond acceptors (Lipinski definition) is 6. The molecule has 1 unspecified atom stereocenters. The van der Waals surface area contributed by atoms with E-state index >= 15 is 0 Å². The first kappa shape index (κ1) is 15.1. The maximum atomic E-state index is 12.7. The van der Waals surface area contributed by atoms with Crippen molar-refractivity contribution in [2.45, 2.75) is 23.8 Å². The van der Waals surface area contributed by atoms with Gasteiger partial charge in [-0.2, -0.15) is 4.31 Å². The number of aromatic nitrogens is 3. The summed E-state index contributed by atoms with van der Waals surface area (Å²) in [7, 11) is -3.82. The molecular weight excluding hydrogens is 328 g/mol. The van der Waals surface area contributed by atoms with Crippen LogP contribution in [0.25, 0.3) is 0 Å². The molecule has 0 aromatic carbocycles. The van der Waals surface area contributed by atoms with Crippen molar-refractivity contribution in [2.24, 2.45) is 0 Å². The van der Waals surface area contributed by atoms with E-state index in [4.69, 9.17) is 5.11 Å². The van der Waals surface area contributed by atoms with Crippen molar-refractivity contribution in [3.8, 4) is 0 Å². The van der Waals surface area contributed by atoms with Crippen LogP contribution in [0.2, 0.25) is 0 Å². The second-order valence-corrected chi connectivity index (χ2v) is 7.78. The highest BCUT2D eigenvalue weighted by atomic mass is 32.2. The summed E-state index contributed by atoms with van der Waals surface area (Å²) in [5.74, 6) is -1.22. The maximum absolute atomic E-state index is 12.7. The van der Waals surface area contributed by atoms with Gasteiger partial charge in [-0.1, -0.05) is 5.21 Å². The average molecular weight is 342 g/mol. The molecule has 8 nitrogen and oxygen atoms in total. The third-order valence-corrected chi connectivity index (χ3v) is 6.55. The van der Waals surface area contributed by atoms with E-state index in [1.165, 1.54) is 15.8 Å². The van der Waals surface area contributed by atoms with Crippen LogP contribution in [0.5, 0.6) is 0 Å². The Kier molecular flexibility index (Phi) is 3.98. The SMILES string of the molecule is O=C(O)c1sccc1S(=O)(=O)N1CCCC(n2ccnn2)C1. The Bertz CT molecular complexity index is 769. The number of thiophene rings is 1. The second-order valence-electron chi connectivity index (χ2n) is 4.96. The third-order valence-electron chi connectivity index (χ3n) is 3.62. The largest absolute Gasteiger partial charge is 0.477 e. The molecule has 0 saturated carbocycles. The zero-order valence-corrected chi connectivity index (χ0v) is 13.1. The molecule has 1 fully saturated rings. The lowest BCUT2D eigenvalue weighted by atomic mass is 10.1. The van der Waals surface area contributed by atoms with Crippen molar-refractivity contribution in [2.75, 3.05) is 13.1 Å². The minimum Gasteiger partial charge on any atom is -0.477 e. The fraction of sp³-hybridized carbons (Fsp3) is 0.417. The summed E-state index contributed by atoms with van der Waals surface area (Å²) in [6.45, 7) is 0.642. The third kappa shape index (κ3) is 2.64. The van der Waals surface area contributed by atoms with Gasteiger partial charge in [-0.25, -0.2) is 17.9 Å². The molecule has 10 heteroatoms. The maximum Gasteiger partial charge on any atom is 0.347 e. The van der Waals surface area contributed by atoms with Crippen molar-refractivity contribution in [1.29, 1.82) is 0 Å². The molecule has 22 heavy (non-hydrogen) atoms. The van der Waals surface area contributed by atoms with Crippen LogP contribution >= 0.6 is 11.3 Å². The highest BCUT2D eigenvalue weighted by molar-refractivity contribution is 7.89. The molecule has 0 radical (unpaired) electrons. The van der Waals surface area contributed by atoms with Crippen molar-refractivity contribution in [1.82, 2.24) is 19.3 Å². The van der Waals surface area contributed by atoms with Crippen LogP contribution in [0.1, 0.15) is 28.6 Å². The number of carboxylic acids is 1. The fourth-order valence-electron chi connectivity index (χ4n) is 2.56. The van der Waals surface area contributed by atoms with Crippen LogP contribution in [-0.4, -0.2) is 51.9 Å². The molecule has 3 heterocycles. The summed E-state index contributed by atoms with van der Waals surface area (Å²) in [5.41, 5.74) is 0. The van der Waals surface area contributed by atoms with Crippen LogP contribution < -0.4 is 0 Å². The summed E-state index contributed by atoms with van der Waals surface area (Å²) >= 11 is 0.914. The molecule has 1 aliphatic rings. The molecule has 0 amide bonds. The van der Waals surface area contributed by atoms with Crippen molar-refractivity contribution < 1.29 is 18.3 Å². The van der Waals surface area contributed by atoms with E-state index in [0.717, 1.165) is 17.8 Å². The highest BCUT2D eigenvalue weighted by Gasteiger charge is 2.34. The summed E-state index contributed by atoms with van der Waals surface area (Å²) in [4.78, 5) is 10.9. The Morgan fingerprint density at radius 2 is 2.27 bits per heavy atom. The van der Waals surface area contributed by atoms with Crippen molar-refractivity contribution in [3.05, 3.63) is 28.7 Å². The van der Waals surface area contributed by atoms with Crippen molar-refractivity contribution in [3.63, 3.8) is 0 Å². The molecule has 1 saturated heterocycles. The topological polar surface area (TPSA) is 105 Å². The van der Waals surface area contributed by atoms with Gasteiger partial charge in [0.05, 0.1) is 12.2 Å². The van der Waals surface area contributed by atoms with Crippen LogP contribution in [0.3, 0.4) is 0 Å². The minimum absolute atomic E-state index is 0.0852. The van der Waals surface area contributed by atoms with Crippen molar-refractivity contribution >= 4 is 27.3 Å². The Balaban J connectivity index is 1.89. The first-order valence-corrected chi connectivity index (χ1v) is 8.99. The fourth-order valence-corrected chi connectivity index (χ4v) is 5.31. The van der Waals surface area contributed by atoms with Gasteiger partial charge in [0.1, 0.15) is 9.77 Å². The van der Waals surface area contributed by atoms with Gasteiger partial charge in [0, 0.05) is 19.3 Å². The normalized spacial score (nSPS) is 20.1. The zero-order valence-electron chi connectivity index (χ0n) is 11.5. The highest BCUT2D eigenvalue weighted by Crippen LogP contribution is 2.29. The standard InChI is InChI=1S/C12H14N4O4S2/c17-12(18)11-10(3-7-21-11)22(19,20)15-5-1-2-9(8-15)16-6-4-13-14-16/h3-4,6-7,9H,1-2,5,8H2,(H,17,18). The number of sulfonamides is 1. The van der Waals surface area contributed by atoms with Gasteiger partial charge >= 0.3 is 5.97 Å². The van der Waals surface area contributed by atoms with E-state index in [1.807, 2.05) is 0 Å². The van der Waals surface area contributed by atoms with E-state index in [0.29, 0.717) is 13.0 Å². The molecule has 2 aromatic heterocycles. The van der Waals surface area contributed by atoms with Gasteiger partial charge in [0.25, 0.3) is 0 Å². The molecular formula is C12H14N4O4S2. The lowest BCUT2D eigenvalue weighted by molar-refractivity contribution is 0.0698. The van der Waals surface area contributed by atoms with Gasteiger partial charge in [-0.15, -0.1) is 16.4 Å². The number of nitrogens with zero attached hydrogens (tertiary/aromatic N) is 4. The number of piperidine rings is 1. The van der Waals surface area contributed by atoms with E-state index in [-0.39, 0.29) is 22.4 Å². The first-order chi connectivity index (χ1) is 10.5. The van der Waals surface area contributed by atoms with Crippen LogP contribution in [0.15, 0.2) is 28.7 Å². The Labute approximate surface area is 131 Å². The summed E-state index contributed by atoms with van der Waals surface area (Å²) in [6, 6.07) is 1.26. The molecule has 1 N–H and O–H groups in total. The number of hydrogen-bond donors (Lipinski definition) is 1. The molecule has 1 atom stereocenters. The quantitative estimate of drug-likeness (QED) is 0.891. The number of carbonyl (C=O) groups is 1. The number of aromatic carboxylic acids is 1. The zero-order chi connectivity index (χ0) is 15.7. The Hall–Kier alpha value is -1.78. The summed E-state index contributed by atoms with van der Waals surface area (Å²) in [5, 5.41) is 18.3. The second kappa shape index (κ2) is 5.78. The predicted octanol–water partition coefficient (Wildman–Crippen LogP) is 1.06. The molecule has 0 spiro atoms. The minimum atomic E-state index is -3.82. The Morgan fingerprint density at radius 3 is 2.95 bits per heavy atom. The smallest absolute Gasteiger partial charge is 0.347 e. The molecule has 3 rings (SSSR count). The molecule has 1 aliphatic heterocycles. The molecule has 0 bridgehead atoms. The average Bonchev–Trinajstić information content (AvgIpc) is 3.19. The predicted molar refractivity (Wildman–Crippen MR) is 78.3 cm³/mol. The molecule has 118 valence electrons. The van der Waals surface area contributed by atoms with E-state index in [2.05, 4.69) is 10.3 Å². The van der Waals surface area contributed by atoms with Gasteiger partial charge in [-0.3, -0.25) is 0 Å². The van der Waals surface area contributed by atoms with E-state index in [9.17, 15) is 13.2 Å². The lowest BCUT2D eigenvalue weighted by Gasteiger charge is -2.31. The lowest BCUT2D eigenvalue weighted by Crippen LogP contribution is -2.41.